The van der Waals surface area contributed by atoms with E-state index in [9.17, 15) is 9.59 Å². The van der Waals surface area contributed by atoms with Gasteiger partial charge in [0.2, 0.25) is 0 Å². The van der Waals surface area contributed by atoms with E-state index in [1.165, 1.54) is 62.8 Å². The Morgan fingerprint density at radius 1 is 0.640 bits per heavy atom. The maximum absolute atomic E-state index is 10.4. The van der Waals surface area contributed by atoms with Gasteiger partial charge in [-0.2, -0.15) is 0 Å². The Morgan fingerprint density at radius 2 is 1.04 bits per heavy atom. The Hall–Kier alpha value is -3.19. The van der Waals surface area contributed by atoms with Gasteiger partial charge in [0.15, 0.2) is 0 Å². The Balaban J connectivity index is 0.000000243. The SMILES string of the molecule is C[C@@H]1CN[C@@H]2CCCC[C@H]2NCc2cccc(n2)CN[C@@H]2CCCC[C@H]2N1.NC(C(=O)O)c1ccccc1.NC(C(=O)O)c1ccccc1.[Mn]. The van der Waals surface area contributed by atoms with Gasteiger partial charge in [0, 0.05) is 66.9 Å². The molecule has 50 heavy (non-hydrogen) atoms. The molecule has 7 atom stereocenters. The molecule has 2 aromatic carbocycles. The molecule has 6 rings (SSSR count). The van der Waals surface area contributed by atoms with Gasteiger partial charge in [-0.05, 0) is 55.9 Å². The number of carboxylic acid groups (broad SMARTS) is 2. The van der Waals surface area contributed by atoms with Crippen LogP contribution in [0.4, 0.5) is 0 Å². The van der Waals surface area contributed by atoms with Crippen molar-refractivity contribution in [2.75, 3.05) is 6.54 Å². The zero-order valence-electron chi connectivity index (χ0n) is 29.0. The van der Waals surface area contributed by atoms with E-state index in [2.05, 4.69) is 46.4 Å². The van der Waals surface area contributed by atoms with Crippen LogP contribution in [0.1, 0.15) is 92.9 Å². The van der Waals surface area contributed by atoms with Crippen molar-refractivity contribution >= 4 is 11.9 Å². The van der Waals surface area contributed by atoms with Crippen molar-refractivity contribution in [2.24, 2.45) is 11.5 Å². The molecule has 10 N–H and O–H groups in total. The van der Waals surface area contributed by atoms with Crippen molar-refractivity contribution in [2.45, 2.75) is 114 Å². The third-order valence-corrected chi connectivity index (χ3v) is 9.52. The first-order chi connectivity index (χ1) is 23.7. The standard InChI is InChI=1S/C22H37N5.2C8H9NO2.Mn/c1-16-13-23-19-9-2-3-10-20(19)24-14-17-7-6-8-18(27-17)15-25-21-11-4-5-12-22(21)26-16;2*9-7(8(10)11)6-4-2-1-3-5-6;/h6-8,16,19-26H,2-5,9-15H2,1H3;2*1-5,7H,9H2,(H,10,11);/t16-,19-,20-,21-,22-;;;/m1.../s1. The van der Waals surface area contributed by atoms with E-state index in [0.29, 0.717) is 41.3 Å². The zero-order chi connectivity index (χ0) is 35.0. The molecule has 273 valence electrons. The van der Waals surface area contributed by atoms with Gasteiger partial charge in [-0.1, -0.05) is 92.4 Å². The van der Waals surface area contributed by atoms with Crippen molar-refractivity contribution < 1.29 is 36.9 Å². The third kappa shape index (κ3) is 13.5. The maximum atomic E-state index is 10.4. The summed E-state index contributed by atoms with van der Waals surface area (Å²) in [5, 5.41) is 32.4. The molecule has 2 aliphatic carbocycles. The van der Waals surface area contributed by atoms with Crippen LogP contribution >= 0.6 is 0 Å². The first-order valence-electron chi connectivity index (χ1n) is 17.7. The van der Waals surface area contributed by atoms with E-state index in [4.69, 9.17) is 26.7 Å². The number of nitrogens with zero attached hydrogens (tertiary/aromatic N) is 1. The molecule has 11 nitrogen and oxygen atoms in total. The van der Waals surface area contributed by atoms with Crippen LogP contribution in [-0.4, -0.2) is 63.9 Å². The van der Waals surface area contributed by atoms with Crippen LogP contribution in [-0.2, 0) is 39.7 Å². The number of fused-ring (bicyclic) bond motifs is 4. The summed E-state index contributed by atoms with van der Waals surface area (Å²) < 4.78 is 0. The van der Waals surface area contributed by atoms with Gasteiger partial charge in [0.25, 0.3) is 0 Å². The molecule has 3 aromatic rings. The second-order valence-electron chi connectivity index (χ2n) is 13.3. The Morgan fingerprint density at radius 3 is 1.48 bits per heavy atom. The maximum Gasteiger partial charge on any atom is 0.325 e. The number of pyridine rings is 1. The molecule has 2 saturated carbocycles. The van der Waals surface area contributed by atoms with Crippen molar-refractivity contribution in [3.8, 4) is 0 Å². The average molecular weight is 729 g/mol. The van der Waals surface area contributed by atoms with Crippen molar-refractivity contribution in [1.82, 2.24) is 26.3 Å². The molecular weight excluding hydrogens is 673 g/mol. The minimum Gasteiger partial charge on any atom is -0.480 e. The van der Waals surface area contributed by atoms with Gasteiger partial charge in [0.1, 0.15) is 12.1 Å². The molecule has 1 aromatic heterocycles. The summed E-state index contributed by atoms with van der Waals surface area (Å²) in [5.41, 5.74) is 14.3. The van der Waals surface area contributed by atoms with Crippen molar-refractivity contribution in [3.63, 3.8) is 0 Å². The fraction of sp³-hybridized carbons (Fsp3) is 0.500. The van der Waals surface area contributed by atoms with Crippen LogP contribution in [0.25, 0.3) is 0 Å². The first kappa shape index (κ1) is 41.2. The monoisotopic (exact) mass is 728 g/mol. The molecule has 1 radical (unpaired) electrons. The Bertz CT molecular complexity index is 1370. The second-order valence-corrected chi connectivity index (χ2v) is 13.3. The quantitative estimate of drug-likeness (QED) is 0.182. The zero-order valence-corrected chi connectivity index (χ0v) is 30.2. The fourth-order valence-electron chi connectivity index (χ4n) is 6.75. The van der Waals surface area contributed by atoms with Crippen LogP contribution < -0.4 is 32.7 Å². The summed E-state index contributed by atoms with van der Waals surface area (Å²) in [6.07, 6.45) is 10.5. The van der Waals surface area contributed by atoms with Crippen LogP contribution in [0.2, 0.25) is 0 Å². The van der Waals surface area contributed by atoms with Crippen LogP contribution in [0.15, 0.2) is 78.9 Å². The minimum absolute atomic E-state index is 0. The first-order valence-corrected chi connectivity index (χ1v) is 17.7. The molecule has 2 bridgehead atoms. The summed E-state index contributed by atoms with van der Waals surface area (Å²) in [6.45, 7) is 5.14. The van der Waals surface area contributed by atoms with Crippen LogP contribution in [0, 0.1) is 0 Å². The van der Waals surface area contributed by atoms with Gasteiger partial charge in [-0.15, -0.1) is 0 Å². The number of aliphatic carboxylic acids is 2. The van der Waals surface area contributed by atoms with Gasteiger partial charge in [-0.25, -0.2) is 0 Å². The molecule has 2 fully saturated rings. The van der Waals surface area contributed by atoms with Crippen LogP contribution in [0.3, 0.4) is 0 Å². The summed E-state index contributed by atoms with van der Waals surface area (Å²) in [4.78, 5) is 25.7. The summed E-state index contributed by atoms with van der Waals surface area (Å²) >= 11 is 0. The minimum atomic E-state index is -1.00. The number of carboxylic acids is 2. The van der Waals surface area contributed by atoms with E-state index in [-0.39, 0.29) is 17.1 Å². The number of hydrogen-bond donors (Lipinski definition) is 8. The van der Waals surface area contributed by atoms with Gasteiger partial charge < -0.3 is 42.9 Å². The van der Waals surface area contributed by atoms with Gasteiger partial charge in [0.05, 0.1) is 11.4 Å². The Kier molecular flexibility index (Phi) is 18.1. The van der Waals surface area contributed by atoms with E-state index in [1.54, 1.807) is 48.5 Å². The fourth-order valence-corrected chi connectivity index (χ4v) is 6.75. The number of nitrogens with one attached hydrogen (secondary N) is 4. The van der Waals surface area contributed by atoms with E-state index >= 15 is 0 Å². The van der Waals surface area contributed by atoms with Crippen molar-refractivity contribution in [3.05, 3.63) is 101 Å². The molecule has 2 unspecified atom stereocenters. The predicted molar refractivity (Wildman–Crippen MR) is 193 cm³/mol. The van der Waals surface area contributed by atoms with Crippen molar-refractivity contribution in [1.29, 1.82) is 0 Å². The van der Waals surface area contributed by atoms with E-state index in [0.717, 1.165) is 19.6 Å². The number of carbonyl (C=O) groups is 2. The van der Waals surface area contributed by atoms with E-state index in [1.807, 2.05) is 12.1 Å². The number of hydrogen-bond acceptors (Lipinski definition) is 9. The molecule has 3 aliphatic rings. The number of nitrogens with two attached hydrogens (primary N) is 2. The average Bonchev–Trinajstić information content (AvgIpc) is 3.13. The molecule has 0 spiro atoms. The second kappa shape index (κ2) is 21.9. The topological polar surface area (TPSA) is 188 Å². The summed E-state index contributed by atoms with van der Waals surface area (Å²) in [7, 11) is 0. The summed E-state index contributed by atoms with van der Waals surface area (Å²) in [5.74, 6) is -2.01. The predicted octanol–water partition coefficient (Wildman–Crippen LogP) is 4.00. The molecular formula is C38H55MnN7O4. The number of benzene rings is 2. The van der Waals surface area contributed by atoms with Gasteiger partial charge >= 0.3 is 11.9 Å². The molecule has 12 heteroatoms. The molecule has 0 amide bonds. The normalized spacial score (nSPS) is 24.9. The molecule has 0 saturated heterocycles. The van der Waals surface area contributed by atoms with Crippen LogP contribution in [0.5, 0.6) is 0 Å². The molecule has 1 aliphatic heterocycles. The molecule has 2 heterocycles. The van der Waals surface area contributed by atoms with Gasteiger partial charge in [-0.3, -0.25) is 14.6 Å². The third-order valence-electron chi connectivity index (χ3n) is 9.52. The summed E-state index contributed by atoms with van der Waals surface area (Å²) in [6, 6.07) is 24.9. The van der Waals surface area contributed by atoms with E-state index < -0.39 is 24.0 Å². The Labute approximate surface area is 307 Å². The number of aromatic nitrogens is 1. The smallest absolute Gasteiger partial charge is 0.325 e. The number of rotatable bonds is 4. The largest absolute Gasteiger partial charge is 0.480 e.